The highest BCUT2D eigenvalue weighted by Gasteiger charge is 2.42. The Kier molecular flexibility index (Phi) is 5.21. The van der Waals surface area contributed by atoms with E-state index in [9.17, 15) is 5.11 Å². The van der Waals surface area contributed by atoms with Crippen molar-refractivity contribution in [2.24, 2.45) is 5.73 Å². The third-order valence-electron chi connectivity index (χ3n) is 2.96. The Hall–Kier alpha value is -0.640. The summed E-state index contributed by atoms with van der Waals surface area (Å²) in [7, 11) is 3.14. The van der Waals surface area contributed by atoms with Crippen LogP contribution in [-0.4, -0.2) is 30.5 Å². The van der Waals surface area contributed by atoms with E-state index in [4.69, 9.17) is 4.74 Å². The molecule has 3 nitrogen and oxygen atoms in total. The van der Waals surface area contributed by atoms with Gasteiger partial charge in [0.25, 0.3) is 0 Å². The SMILES string of the molecule is CN.COC(C)(C1=CC=CC1)C(C)(C)O. The number of hydrogen-bond donors (Lipinski definition) is 2. The van der Waals surface area contributed by atoms with Crippen LogP contribution in [0.1, 0.15) is 27.2 Å². The Bertz CT molecular complexity index is 251. The number of hydrogen-bond acceptors (Lipinski definition) is 3. The van der Waals surface area contributed by atoms with Gasteiger partial charge in [0, 0.05) is 7.11 Å². The first kappa shape index (κ1) is 14.4. The fourth-order valence-corrected chi connectivity index (χ4v) is 1.57. The standard InChI is InChI=1S/C11H18O2.CH5N/c1-10(2,12)11(3,13-4)9-7-5-6-8-9;1-2/h5-7,12H,8H2,1-4H3;2H2,1H3. The van der Waals surface area contributed by atoms with Gasteiger partial charge in [-0.15, -0.1) is 0 Å². The summed E-state index contributed by atoms with van der Waals surface area (Å²) in [5.41, 5.74) is 4.18. The van der Waals surface area contributed by atoms with Gasteiger partial charge < -0.3 is 15.6 Å². The summed E-state index contributed by atoms with van der Waals surface area (Å²) in [6.07, 6.45) is 6.95. The number of nitrogens with two attached hydrogens (primary N) is 1. The molecule has 0 aromatic heterocycles. The number of allylic oxidation sites excluding steroid dienone is 3. The van der Waals surface area contributed by atoms with Crippen LogP contribution < -0.4 is 5.73 Å². The van der Waals surface area contributed by atoms with Crippen LogP contribution in [0.25, 0.3) is 0 Å². The van der Waals surface area contributed by atoms with Crippen molar-refractivity contribution in [3.05, 3.63) is 23.8 Å². The number of ether oxygens (including phenoxy) is 1. The second-order valence-electron chi connectivity index (χ2n) is 4.12. The predicted octanol–water partition coefficient (Wildman–Crippen LogP) is 1.62. The second kappa shape index (κ2) is 5.45. The maximum Gasteiger partial charge on any atom is 0.115 e. The molecule has 0 radical (unpaired) electrons. The molecule has 0 saturated carbocycles. The van der Waals surface area contributed by atoms with Crippen LogP contribution in [0, 0.1) is 0 Å². The summed E-state index contributed by atoms with van der Waals surface area (Å²) in [6.45, 7) is 5.47. The Morgan fingerprint density at radius 1 is 1.33 bits per heavy atom. The molecule has 0 aromatic carbocycles. The molecule has 3 N–H and O–H groups in total. The second-order valence-corrected chi connectivity index (χ2v) is 4.12. The van der Waals surface area contributed by atoms with E-state index in [1.165, 1.54) is 7.05 Å². The summed E-state index contributed by atoms with van der Waals surface area (Å²) in [5.74, 6) is 0. The molecule has 1 atom stereocenters. The van der Waals surface area contributed by atoms with Gasteiger partial charge in [-0.25, -0.2) is 0 Å². The van der Waals surface area contributed by atoms with E-state index in [1.807, 2.05) is 19.1 Å². The molecule has 0 spiro atoms. The molecule has 0 amide bonds. The van der Waals surface area contributed by atoms with Gasteiger partial charge in [-0.3, -0.25) is 0 Å². The molecule has 0 bridgehead atoms. The summed E-state index contributed by atoms with van der Waals surface area (Å²) in [6, 6.07) is 0. The molecule has 0 heterocycles. The molecular weight excluding hydrogens is 190 g/mol. The van der Waals surface area contributed by atoms with E-state index >= 15 is 0 Å². The van der Waals surface area contributed by atoms with Crippen LogP contribution in [0.3, 0.4) is 0 Å². The minimum absolute atomic E-state index is 0.587. The predicted molar refractivity (Wildman–Crippen MR) is 63.7 cm³/mol. The lowest BCUT2D eigenvalue weighted by molar-refractivity contribution is -0.118. The van der Waals surface area contributed by atoms with Gasteiger partial charge in [0.2, 0.25) is 0 Å². The Labute approximate surface area is 92.6 Å². The molecule has 15 heavy (non-hydrogen) atoms. The van der Waals surface area contributed by atoms with E-state index in [2.05, 4.69) is 11.8 Å². The lowest BCUT2D eigenvalue weighted by atomic mass is 9.80. The third kappa shape index (κ3) is 2.91. The van der Waals surface area contributed by atoms with Gasteiger partial charge in [0.1, 0.15) is 5.60 Å². The van der Waals surface area contributed by atoms with E-state index < -0.39 is 11.2 Å². The molecule has 0 aliphatic heterocycles. The lowest BCUT2D eigenvalue weighted by Crippen LogP contribution is -2.50. The largest absolute Gasteiger partial charge is 0.387 e. The van der Waals surface area contributed by atoms with E-state index in [0.29, 0.717) is 0 Å². The smallest absolute Gasteiger partial charge is 0.115 e. The zero-order chi connectivity index (χ0) is 12.1. The Morgan fingerprint density at radius 3 is 2.13 bits per heavy atom. The van der Waals surface area contributed by atoms with Gasteiger partial charge in [0.15, 0.2) is 0 Å². The van der Waals surface area contributed by atoms with Crippen molar-refractivity contribution in [2.75, 3.05) is 14.2 Å². The van der Waals surface area contributed by atoms with Crippen LogP contribution in [0.5, 0.6) is 0 Å². The van der Waals surface area contributed by atoms with Crippen molar-refractivity contribution in [1.29, 1.82) is 0 Å². The normalized spacial score (nSPS) is 19.0. The molecule has 0 fully saturated rings. The van der Waals surface area contributed by atoms with Crippen molar-refractivity contribution >= 4 is 0 Å². The molecule has 1 rings (SSSR count). The minimum atomic E-state index is -0.862. The zero-order valence-corrected chi connectivity index (χ0v) is 10.4. The number of methoxy groups -OCH3 is 1. The topological polar surface area (TPSA) is 55.5 Å². The van der Waals surface area contributed by atoms with Crippen LogP contribution in [0.2, 0.25) is 0 Å². The summed E-state index contributed by atoms with van der Waals surface area (Å²) < 4.78 is 5.43. The lowest BCUT2D eigenvalue weighted by Gasteiger charge is -2.40. The van der Waals surface area contributed by atoms with E-state index in [-0.39, 0.29) is 0 Å². The summed E-state index contributed by atoms with van der Waals surface area (Å²) in [5, 5.41) is 10.0. The van der Waals surface area contributed by atoms with Crippen molar-refractivity contribution in [1.82, 2.24) is 0 Å². The maximum absolute atomic E-state index is 10.0. The van der Waals surface area contributed by atoms with E-state index in [0.717, 1.165) is 12.0 Å². The first-order chi connectivity index (χ1) is 6.92. The van der Waals surface area contributed by atoms with E-state index in [1.54, 1.807) is 21.0 Å². The molecular formula is C12H23NO2. The van der Waals surface area contributed by atoms with Gasteiger partial charge in [0.05, 0.1) is 5.60 Å². The highest BCUT2D eigenvalue weighted by Crippen LogP contribution is 2.36. The van der Waals surface area contributed by atoms with Crippen LogP contribution in [0.15, 0.2) is 23.8 Å². The summed E-state index contributed by atoms with van der Waals surface area (Å²) in [4.78, 5) is 0. The zero-order valence-electron chi connectivity index (χ0n) is 10.4. The van der Waals surface area contributed by atoms with Gasteiger partial charge in [-0.05, 0) is 39.8 Å². The van der Waals surface area contributed by atoms with Crippen molar-refractivity contribution in [2.45, 2.75) is 38.4 Å². The third-order valence-corrected chi connectivity index (χ3v) is 2.96. The first-order valence-electron chi connectivity index (χ1n) is 5.13. The van der Waals surface area contributed by atoms with Crippen molar-refractivity contribution in [3.8, 4) is 0 Å². The highest BCUT2D eigenvalue weighted by molar-refractivity contribution is 5.32. The molecule has 1 unspecified atom stereocenters. The average Bonchev–Trinajstić information content (AvgIpc) is 2.71. The van der Waals surface area contributed by atoms with Gasteiger partial charge in [-0.2, -0.15) is 0 Å². The van der Waals surface area contributed by atoms with Crippen LogP contribution in [-0.2, 0) is 4.74 Å². The maximum atomic E-state index is 10.0. The minimum Gasteiger partial charge on any atom is -0.387 e. The number of rotatable bonds is 3. The molecule has 0 saturated heterocycles. The first-order valence-corrected chi connectivity index (χ1v) is 5.13. The highest BCUT2D eigenvalue weighted by atomic mass is 16.5. The van der Waals surface area contributed by atoms with Crippen LogP contribution >= 0.6 is 0 Å². The molecule has 3 heteroatoms. The Morgan fingerprint density at radius 2 is 1.87 bits per heavy atom. The molecule has 0 aromatic rings. The van der Waals surface area contributed by atoms with Gasteiger partial charge >= 0.3 is 0 Å². The average molecular weight is 213 g/mol. The fourth-order valence-electron chi connectivity index (χ4n) is 1.57. The van der Waals surface area contributed by atoms with Crippen molar-refractivity contribution < 1.29 is 9.84 Å². The van der Waals surface area contributed by atoms with Crippen molar-refractivity contribution in [3.63, 3.8) is 0 Å². The molecule has 1 aliphatic rings. The molecule has 88 valence electrons. The summed E-state index contributed by atoms with van der Waals surface area (Å²) >= 11 is 0. The molecule has 1 aliphatic carbocycles. The monoisotopic (exact) mass is 213 g/mol. The Balaban J connectivity index is 0.000000921. The number of aliphatic hydroxyl groups is 1. The fraction of sp³-hybridized carbons (Fsp3) is 0.667. The van der Waals surface area contributed by atoms with Crippen LogP contribution in [0.4, 0.5) is 0 Å². The van der Waals surface area contributed by atoms with Gasteiger partial charge in [-0.1, -0.05) is 18.2 Å². The quantitative estimate of drug-likeness (QED) is 0.749.